The SMILES string of the molecule is CC1CN(CC(C#N)c2ccccc2)CC(C)(C)O1. The Hall–Kier alpha value is -1.37. The maximum atomic E-state index is 9.40. The van der Waals surface area contributed by atoms with E-state index in [1.54, 1.807) is 0 Å². The molecule has 0 bridgehead atoms. The summed E-state index contributed by atoms with van der Waals surface area (Å²) in [5.41, 5.74) is 0.968. The van der Waals surface area contributed by atoms with Gasteiger partial charge in [0.1, 0.15) is 0 Å². The minimum atomic E-state index is -0.131. The zero-order valence-electron chi connectivity index (χ0n) is 12.0. The lowest BCUT2D eigenvalue weighted by molar-refractivity contribution is -0.128. The molecule has 3 heteroatoms. The van der Waals surface area contributed by atoms with Crippen LogP contribution in [0.2, 0.25) is 0 Å². The van der Waals surface area contributed by atoms with Crippen molar-refractivity contribution in [2.45, 2.75) is 38.4 Å². The lowest BCUT2D eigenvalue weighted by Crippen LogP contribution is -2.52. The number of nitriles is 1. The monoisotopic (exact) mass is 258 g/mol. The Balaban J connectivity index is 2.05. The Kier molecular flexibility index (Phi) is 4.24. The van der Waals surface area contributed by atoms with Crippen molar-refractivity contribution in [3.05, 3.63) is 35.9 Å². The fourth-order valence-corrected chi connectivity index (χ4v) is 2.89. The summed E-state index contributed by atoms with van der Waals surface area (Å²) in [5.74, 6) is -0.0673. The van der Waals surface area contributed by atoms with Gasteiger partial charge in [-0.15, -0.1) is 0 Å². The minimum Gasteiger partial charge on any atom is -0.370 e. The molecule has 2 unspecified atom stereocenters. The Morgan fingerprint density at radius 3 is 2.68 bits per heavy atom. The van der Waals surface area contributed by atoms with Crippen molar-refractivity contribution < 1.29 is 4.74 Å². The third kappa shape index (κ3) is 3.79. The first kappa shape index (κ1) is 14.0. The molecule has 1 saturated heterocycles. The van der Waals surface area contributed by atoms with Crippen LogP contribution in [0.1, 0.15) is 32.3 Å². The second-order valence-electron chi connectivity index (χ2n) is 5.97. The van der Waals surface area contributed by atoms with Crippen LogP contribution in [0, 0.1) is 11.3 Å². The van der Waals surface area contributed by atoms with Crippen molar-refractivity contribution in [3.8, 4) is 6.07 Å². The second kappa shape index (κ2) is 5.73. The van der Waals surface area contributed by atoms with Gasteiger partial charge in [-0.1, -0.05) is 30.3 Å². The van der Waals surface area contributed by atoms with E-state index in [0.29, 0.717) is 0 Å². The van der Waals surface area contributed by atoms with Crippen molar-refractivity contribution in [2.24, 2.45) is 0 Å². The van der Waals surface area contributed by atoms with Crippen molar-refractivity contribution in [1.82, 2.24) is 4.90 Å². The predicted molar refractivity (Wildman–Crippen MR) is 75.9 cm³/mol. The van der Waals surface area contributed by atoms with Crippen LogP contribution in [-0.4, -0.2) is 36.2 Å². The van der Waals surface area contributed by atoms with Gasteiger partial charge in [0.2, 0.25) is 0 Å². The fraction of sp³-hybridized carbons (Fsp3) is 0.562. The molecular weight excluding hydrogens is 236 g/mol. The molecule has 0 amide bonds. The Morgan fingerprint density at radius 1 is 1.42 bits per heavy atom. The van der Waals surface area contributed by atoms with E-state index in [4.69, 9.17) is 4.74 Å². The minimum absolute atomic E-state index is 0.0673. The van der Waals surface area contributed by atoms with Gasteiger partial charge in [-0.3, -0.25) is 4.90 Å². The van der Waals surface area contributed by atoms with Gasteiger partial charge < -0.3 is 4.74 Å². The van der Waals surface area contributed by atoms with E-state index in [0.717, 1.165) is 25.2 Å². The summed E-state index contributed by atoms with van der Waals surface area (Å²) in [6.07, 6.45) is 0.221. The first-order chi connectivity index (χ1) is 9.00. The normalized spacial score (nSPS) is 24.6. The summed E-state index contributed by atoms with van der Waals surface area (Å²) in [6.45, 7) is 8.87. The van der Waals surface area contributed by atoms with E-state index in [1.165, 1.54) is 0 Å². The van der Waals surface area contributed by atoms with Crippen LogP contribution in [0.25, 0.3) is 0 Å². The average Bonchev–Trinajstić information content (AvgIpc) is 2.34. The lowest BCUT2D eigenvalue weighted by Gasteiger charge is -2.42. The molecule has 0 aromatic heterocycles. The molecule has 2 rings (SSSR count). The van der Waals surface area contributed by atoms with Crippen molar-refractivity contribution >= 4 is 0 Å². The van der Waals surface area contributed by atoms with Gasteiger partial charge in [-0.25, -0.2) is 0 Å². The molecule has 1 aromatic rings. The molecule has 1 aromatic carbocycles. The van der Waals surface area contributed by atoms with Gasteiger partial charge in [0.15, 0.2) is 0 Å². The van der Waals surface area contributed by atoms with E-state index in [1.807, 2.05) is 30.3 Å². The topological polar surface area (TPSA) is 36.3 Å². The third-order valence-corrected chi connectivity index (χ3v) is 3.44. The largest absolute Gasteiger partial charge is 0.370 e. The van der Waals surface area contributed by atoms with Crippen LogP contribution in [0.4, 0.5) is 0 Å². The molecule has 0 N–H and O–H groups in total. The van der Waals surface area contributed by atoms with E-state index >= 15 is 0 Å². The Morgan fingerprint density at radius 2 is 2.11 bits per heavy atom. The standard InChI is InChI=1S/C16H22N2O/c1-13-10-18(12-16(2,3)19-13)11-15(9-17)14-7-5-4-6-8-14/h4-8,13,15H,10-12H2,1-3H3. The Labute approximate surface area is 115 Å². The van der Waals surface area contributed by atoms with E-state index in [2.05, 4.69) is 31.7 Å². The molecule has 1 heterocycles. The molecule has 102 valence electrons. The summed E-state index contributed by atoms with van der Waals surface area (Å²) in [5, 5.41) is 9.40. The molecular formula is C16H22N2O. The van der Waals surface area contributed by atoms with Crippen LogP contribution in [0.3, 0.4) is 0 Å². The van der Waals surface area contributed by atoms with Crippen LogP contribution in [0.5, 0.6) is 0 Å². The predicted octanol–water partition coefficient (Wildman–Crippen LogP) is 2.79. The molecule has 0 spiro atoms. The summed E-state index contributed by atoms with van der Waals surface area (Å²) < 4.78 is 5.90. The second-order valence-corrected chi connectivity index (χ2v) is 5.97. The Bertz CT molecular complexity index is 450. The fourth-order valence-electron chi connectivity index (χ4n) is 2.89. The van der Waals surface area contributed by atoms with Gasteiger partial charge in [0.05, 0.1) is 23.7 Å². The number of morpholine rings is 1. The quantitative estimate of drug-likeness (QED) is 0.836. The maximum absolute atomic E-state index is 9.40. The van der Waals surface area contributed by atoms with Crippen LogP contribution >= 0.6 is 0 Å². The molecule has 0 aliphatic carbocycles. The van der Waals surface area contributed by atoms with Crippen LogP contribution in [-0.2, 0) is 4.74 Å². The summed E-state index contributed by atoms with van der Waals surface area (Å²) in [6, 6.07) is 12.5. The number of benzene rings is 1. The van der Waals surface area contributed by atoms with Gasteiger partial charge in [0, 0.05) is 19.6 Å². The zero-order chi connectivity index (χ0) is 13.9. The van der Waals surface area contributed by atoms with Crippen LogP contribution < -0.4 is 0 Å². The lowest BCUT2D eigenvalue weighted by atomic mass is 9.98. The molecule has 2 atom stereocenters. The van der Waals surface area contributed by atoms with Gasteiger partial charge in [-0.05, 0) is 26.3 Å². The first-order valence-electron chi connectivity index (χ1n) is 6.85. The molecule has 0 saturated carbocycles. The molecule has 1 fully saturated rings. The molecule has 1 aliphatic heterocycles. The molecule has 0 radical (unpaired) electrons. The third-order valence-electron chi connectivity index (χ3n) is 3.44. The van der Waals surface area contributed by atoms with Gasteiger partial charge >= 0.3 is 0 Å². The highest BCUT2D eigenvalue weighted by Crippen LogP contribution is 2.24. The zero-order valence-corrected chi connectivity index (χ0v) is 12.0. The number of ether oxygens (including phenoxy) is 1. The highest BCUT2D eigenvalue weighted by atomic mass is 16.5. The summed E-state index contributed by atoms with van der Waals surface area (Å²) in [7, 11) is 0. The van der Waals surface area contributed by atoms with Crippen molar-refractivity contribution in [2.75, 3.05) is 19.6 Å². The van der Waals surface area contributed by atoms with E-state index < -0.39 is 0 Å². The summed E-state index contributed by atoms with van der Waals surface area (Å²) >= 11 is 0. The number of hydrogen-bond acceptors (Lipinski definition) is 3. The summed E-state index contributed by atoms with van der Waals surface area (Å²) in [4.78, 5) is 2.34. The smallest absolute Gasteiger partial charge is 0.0839 e. The van der Waals surface area contributed by atoms with Gasteiger partial charge in [0.25, 0.3) is 0 Å². The molecule has 3 nitrogen and oxygen atoms in total. The highest BCUT2D eigenvalue weighted by molar-refractivity contribution is 5.25. The average molecular weight is 258 g/mol. The van der Waals surface area contributed by atoms with Crippen LogP contribution in [0.15, 0.2) is 30.3 Å². The van der Waals surface area contributed by atoms with Gasteiger partial charge in [-0.2, -0.15) is 5.26 Å². The highest BCUT2D eigenvalue weighted by Gasteiger charge is 2.32. The van der Waals surface area contributed by atoms with Crippen molar-refractivity contribution in [3.63, 3.8) is 0 Å². The number of rotatable bonds is 3. The van der Waals surface area contributed by atoms with E-state index in [9.17, 15) is 5.26 Å². The first-order valence-corrected chi connectivity index (χ1v) is 6.85. The molecule has 1 aliphatic rings. The number of hydrogen-bond donors (Lipinski definition) is 0. The number of nitrogens with zero attached hydrogens (tertiary/aromatic N) is 2. The van der Waals surface area contributed by atoms with Crippen molar-refractivity contribution in [1.29, 1.82) is 5.26 Å². The maximum Gasteiger partial charge on any atom is 0.0839 e. The van der Waals surface area contributed by atoms with E-state index in [-0.39, 0.29) is 17.6 Å². The molecule has 19 heavy (non-hydrogen) atoms.